The molecule has 0 radical (unpaired) electrons. The van der Waals surface area contributed by atoms with Gasteiger partial charge in [0.25, 0.3) is 11.5 Å². The fraction of sp³-hybridized carbons (Fsp3) is 0.421. The van der Waals surface area contributed by atoms with Gasteiger partial charge in [0, 0.05) is 18.8 Å². The molecule has 0 bridgehead atoms. The Balaban J connectivity index is 1.49. The van der Waals surface area contributed by atoms with Crippen LogP contribution < -0.4 is 16.6 Å². The number of hydrogen-bond donors (Lipinski definition) is 3. The minimum absolute atomic E-state index is 0.0132. The van der Waals surface area contributed by atoms with E-state index in [0.717, 1.165) is 51.5 Å². The first-order valence-electron chi connectivity index (χ1n) is 9.01. The van der Waals surface area contributed by atoms with E-state index in [1.165, 1.54) is 5.56 Å². The number of likely N-dealkylation sites (tertiary alicyclic amines) is 1. The summed E-state index contributed by atoms with van der Waals surface area (Å²) in [4.78, 5) is 41.8. The van der Waals surface area contributed by atoms with Gasteiger partial charge in [-0.2, -0.15) is 0 Å². The first kappa shape index (κ1) is 18.1. The topological polar surface area (TPSA) is 98.1 Å². The van der Waals surface area contributed by atoms with Crippen molar-refractivity contribution in [1.29, 1.82) is 0 Å². The third-order valence-corrected chi connectivity index (χ3v) is 4.69. The molecule has 2 heterocycles. The average Bonchev–Trinajstić information content (AvgIpc) is 2.63. The summed E-state index contributed by atoms with van der Waals surface area (Å²) >= 11 is 0. The van der Waals surface area contributed by atoms with Gasteiger partial charge in [-0.1, -0.05) is 30.3 Å². The molecule has 138 valence electrons. The van der Waals surface area contributed by atoms with Crippen molar-refractivity contribution >= 4 is 5.91 Å². The summed E-state index contributed by atoms with van der Waals surface area (Å²) in [5, 5.41) is 2.91. The van der Waals surface area contributed by atoms with Crippen LogP contribution in [0.3, 0.4) is 0 Å². The molecule has 26 heavy (non-hydrogen) atoms. The average molecular weight is 356 g/mol. The predicted octanol–water partition coefficient (Wildman–Crippen LogP) is 0.890. The van der Waals surface area contributed by atoms with Crippen molar-refractivity contribution in [3.05, 3.63) is 68.5 Å². The van der Waals surface area contributed by atoms with Crippen LogP contribution in [0.2, 0.25) is 0 Å². The van der Waals surface area contributed by atoms with E-state index < -0.39 is 17.2 Å². The van der Waals surface area contributed by atoms with E-state index in [4.69, 9.17) is 0 Å². The molecule has 1 atom stereocenters. The first-order chi connectivity index (χ1) is 12.6. The van der Waals surface area contributed by atoms with E-state index in [1.54, 1.807) is 0 Å². The Morgan fingerprint density at radius 2 is 2.04 bits per heavy atom. The fourth-order valence-corrected chi connectivity index (χ4v) is 3.37. The van der Waals surface area contributed by atoms with Gasteiger partial charge in [0.15, 0.2) is 0 Å². The van der Waals surface area contributed by atoms with Crippen LogP contribution in [0, 0.1) is 0 Å². The summed E-state index contributed by atoms with van der Waals surface area (Å²) < 4.78 is 0. The lowest BCUT2D eigenvalue weighted by atomic mass is 10.0. The standard InChI is InChI=1S/C19H24N4O3/c24-17(16-12-20-19(26)22-18(16)25)21-15-9-5-11-23(13-15)10-4-8-14-6-2-1-3-7-14/h1-3,6-7,12,15H,4-5,8-11,13H2,(H,21,24)(H2,20,22,25,26)/t15-/m1/s1. The second-order valence-electron chi connectivity index (χ2n) is 6.69. The number of nitrogens with zero attached hydrogens (tertiary/aromatic N) is 1. The third-order valence-electron chi connectivity index (χ3n) is 4.69. The Labute approximate surface area is 151 Å². The largest absolute Gasteiger partial charge is 0.348 e. The van der Waals surface area contributed by atoms with Crippen molar-refractivity contribution in [2.24, 2.45) is 0 Å². The molecule has 1 aliphatic heterocycles. The summed E-state index contributed by atoms with van der Waals surface area (Å²) in [5.41, 5.74) is -0.00644. The van der Waals surface area contributed by atoms with Gasteiger partial charge in [-0.3, -0.25) is 14.6 Å². The van der Waals surface area contributed by atoms with Crippen LogP contribution in [0.5, 0.6) is 0 Å². The molecule has 7 heteroatoms. The monoisotopic (exact) mass is 356 g/mol. The molecular weight excluding hydrogens is 332 g/mol. The number of rotatable bonds is 6. The molecule has 3 rings (SSSR count). The lowest BCUT2D eigenvalue weighted by molar-refractivity contribution is 0.0901. The number of nitrogens with one attached hydrogen (secondary N) is 3. The van der Waals surface area contributed by atoms with Crippen LogP contribution >= 0.6 is 0 Å². The molecule has 3 N–H and O–H groups in total. The zero-order valence-corrected chi connectivity index (χ0v) is 14.7. The maximum absolute atomic E-state index is 12.3. The highest BCUT2D eigenvalue weighted by molar-refractivity contribution is 5.93. The first-order valence-corrected chi connectivity index (χ1v) is 9.01. The maximum Gasteiger partial charge on any atom is 0.325 e. The molecular formula is C19H24N4O3. The van der Waals surface area contributed by atoms with Gasteiger partial charge in [-0.25, -0.2) is 4.79 Å². The predicted molar refractivity (Wildman–Crippen MR) is 99.4 cm³/mol. The molecule has 0 spiro atoms. The van der Waals surface area contributed by atoms with Crippen LogP contribution in [0.1, 0.15) is 35.2 Å². The van der Waals surface area contributed by atoms with Crippen molar-refractivity contribution in [2.45, 2.75) is 31.7 Å². The highest BCUT2D eigenvalue weighted by Crippen LogP contribution is 2.12. The number of aryl methyl sites for hydroxylation is 1. The van der Waals surface area contributed by atoms with Crippen LogP contribution in [0.4, 0.5) is 0 Å². The Morgan fingerprint density at radius 3 is 2.81 bits per heavy atom. The number of benzene rings is 1. The van der Waals surface area contributed by atoms with E-state index in [1.807, 2.05) is 6.07 Å². The summed E-state index contributed by atoms with van der Waals surface area (Å²) in [6.07, 6.45) is 5.18. The molecule has 1 amide bonds. The van der Waals surface area contributed by atoms with Crippen molar-refractivity contribution in [1.82, 2.24) is 20.2 Å². The van der Waals surface area contributed by atoms with Crippen molar-refractivity contribution < 1.29 is 4.79 Å². The summed E-state index contributed by atoms with van der Waals surface area (Å²) in [6.45, 7) is 2.79. The number of piperidine rings is 1. The molecule has 1 aliphatic rings. The number of aromatic amines is 2. The van der Waals surface area contributed by atoms with Gasteiger partial charge in [0.1, 0.15) is 5.56 Å². The number of hydrogen-bond acceptors (Lipinski definition) is 4. The van der Waals surface area contributed by atoms with Crippen LogP contribution in [-0.2, 0) is 6.42 Å². The van der Waals surface area contributed by atoms with Crippen LogP contribution in [0.15, 0.2) is 46.1 Å². The third kappa shape index (κ3) is 4.92. The minimum atomic E-state index is -0.665. The van der Waals surface area contributed by atoms with E-state index in [2.05, 4.69) is 44.5 Å². The number of carbonyl (C=O) groups is 1. The molecule has 1 aromatic carbocycles. The second-order valence-corrected chi connectivity index (χ2v) is 6.69. The normalized spacial score (nSPS) is 17.8. The van der Waals surface area contributed by atoms with E-state index >= 15 is 0 Å². The molecule has 1 saturated heterocycles. The smallest absolute Gasteiger partial charge is 0.325 e. The Morgan fingerprint density at radius 1 is 1.23 bits per heavy atom. The zero-order valence-electron chi connectivity index (χ0n) is 14.7. The van der Waals surface area contributed by atoms with E-state index in [9.17, 15) is 14.4 Å². The highest BCUT2D eigenvalue weighted by Gasteiger charge is 2.22. The van der Waals surface area contributed by atoms with Gasteiger partial charge in [0.05, 0.1) is 0 Å². The molecule has 7 nitrogen and oxygen atoms in total. The van der Waals surface area contributed by atoms with Gasteiger partial charge < -0.3 is 15.2 Å². The summed E-state index contributed by atoms with van der Waals surface area (Å²) in [7, 11) is 0. The van der Waals surface area contributed by atoms with Crippen molar-refractivity contribution in [3.63, 3.8) is 0 Å². The van der Waals surface area contributed by atoms with E-state index in [-0.39, 0.29) is 11.6 Å². The molecule has 1 fully saturated rings. The Bertz CT molecular complexity index is 844. The van der Waals surface area contributed by atoms with E-state index in [0.29, 0.717) is 0 Å². The Kier molecular flexibility index (Phi) is 6.01. The second kappa shape index (κ2) is 8.62. The molecule has 0 saturated carbocycles. The number of aromatic nitrogens is 2. The molecule has 0 aliphatic carbocycles. The number of carbonyl (C=O) groups excluding carboxylic acids is 1. The van der Waals surface area contributed by atoms with Gasteiger partial charge >= 0.3 is 5.69 Å². The molecule has 0 unspecified atom stereocenters. The van der Waals surface area contributed by atoms with Gasteiger partial charge in [-0.15, -0.1) is 0 Å². The number of amides is 1. The summed E-state index contributed by atoms with van der Waals surface area (Å²) in [5.74, 6) is -0.446. The SMILES string of the molecule is O=C(N[C@@H]1CCCN(CCCc2ccccc2)C1)c1c[nH]c(=O)[nH]c1=O. The summed E-state index contributed by atoms with van der Waals surface area (Å²) in [6, 6.07) is 10.4. The Hall–Kier alpha value is -2.67. The maximum atomic E-state index is 12.3. The van der Waals surface area contributed by atoms with Crippen LogP contribution in [0.25, 0.3) is 0 Å². The zero-order chi connectivity index (χ0) is 18.4. The van der Waals surface area contributed by atoms with Crippen LogP contribution in [-0.4, -0.2) is 46.5 Å². The highest BCUT2D eigenvalue weighted by atomic mass is 16.2. The minimum Gasteiger partial charge on any atom is -0.348 e. The van der Waals surface area contributed by atoms with Crippen molar-refractivity contribution in [3.8, 4) is 0 Å². The fourth-order valence-electron chi connectivity index (χ4n) is 3.37. The van der Waals surface area contributed by atoms with Gasteiger partial charge in [-0.05, 0) is 44.3 Å². The lowest BCUT2D eigenvalue weighted by Gasteiger charge is -2.33. The molecule has 2 aromatic rings. The van der Waals surface area contributed by atoms with Crippen molar-refractivity contribution in [2.75, 3.05) is 19.6 Å². The van der Waals surface area contributed by atoms with Gasteiger partial charge in [0.2, 0.25) is 0 Å². The molecule has 1 aromatic heterocycles. The lowest BCUT2D eigenvalue weighted by Crippen LogP contribution is -2.49. The quantitative estimate of drug-likeness (QED) is 0.716. The number of H-pyrrole nitrogens is 2.